The standard InChI is InChI=1S/C20H21N3O6S2/c24-31(25,16-3-1-15(2-4-16)23-14-21-22-20(23)30)17-5-6-18-19(13-17)29-12-10-27-8-7-26-9-11-28-18/h1-6,13-14H,7-12H2,(H,22,30). The summed E-state index contributed by atoms with van der Waals surface area (Å²) in [6.45, 7) is 2.29. The summed E-state index contributed by atoms with van der Waals surface area (Å²) in [4.78, 5) is 0.254. The highest BCUT2D eigenvalue weighted by Crippen LogP contribution is 2.33. The number of aromatic nitrogens is 3. The number of hydrogen-bond acceptors (Lipinski definition) is 8. The number of hydrogen-bond donors (Lipinski definition) is 1. The second kappa shape index (κ2) is 9.60. The molecule has 0 aliphatic carbocycles. The van der Waals surface area contributed by atoms with Gasteiger partial charge in [0.1, 0.15) is 19.5 Å². The Kier molecular flexibility index (Phi) is 6.66. The molecule has 2 aromatic carbocycles. The molecule has 3 aromatic rings. The minimum Gasteiger partial charge on any atom is -0.487 e. The molecule has 9 nitrogen and oxygen atoms in total. The van der Waals surface area contributed by atoms with Crippen molar-refractivity contribution in [3.05, 3.63) is 53.6 Å². The van der Waals surface area contributed by atoms with Crippen molar-refractivity contribution < 1.29 is 27.4 Å². The minimum atomic E-state index is -3.77. The predicted octanol–water partition coefficient (Wildman–Crippen LogP) is 2.57. The number of H-pyrrole nitrogens is 1. The van der Waals surface area contributed by atoms with Crippen LogP contribution < -0.4 is 9.47 Å². The fraction of sp³-hybridized carbons (Fsp3) is 0.300. The zero-order chi connectivity index (χ0) is 21.7. The smallest absolute Gasteiger partial charge is 0.206 e. The Morgan fingerprint density at radius 1 is 0.839 bits per heavy atom. The summed E-state index contributed by atoms with van der Waals surface area (Å²) in [7, 11) is -3.77. The van der Waals surface area contributed by atoms with Gasteiger partial charge < -0.3 is 18.9 Å². The summed E-state index contributed by atoms with van der Waals surface area (Å²) in [6, 6.07) is 11.0. The van der Waals surface area contributed by atoms with Crippen LogP contribution in [0, 0.1) is 4.77 Å². The normalized spacial score (nSPS) is 15.6. The van der Waals surface area contributed by atoms with Crippen molar-refractivity contribution in [2.45, 2.75) is 9.79 Å². The first kappa shape index (κ1) is 21.5. The maximum absolute atomic E-state index is 13.2. The van der Waals surface area contributed by atoms with Gasteiger partial charge in [-0.3, -0.25) is 9.67 Å². The van der Waals surface area contributed by atoms with Gasteiger partial charge >= 0.3 is 0 Å². The molecule has 0 atom stereocenters. The van der Waals surface area contributed by atoms with Crippen LogP contribution in [0.15, 0.2) is 58.6 Å². The Morgan fingerprint density at radius 2 is 1.45 bits per heavy atom. The molecule has 1 aromatic heterocycles. The van der Waals surface area contributed by atoms with Crippen LogP contribution in [0.4, 0.5) is 0 Å². The van der Waals surface area contributed by atoms with Crippen molar-refractivity contribution in [3.63, 3.8) is 0 Å². The van der Waals surface area contributed by atoms with Crippen molar-refractivity contribution in [2.24, 2.45) is 0 Å². The summed E-state index contributed by atoms with van der Waals surface area (Å²) in [5.74, 6) is 0.791. The third-order valence-electron chi connectivity index (χ3n) is 4.55. The van der Waals surface area contributed by atoms with E-state index in [9.17, 15) is 8.42 Å². The van der Waals surface area contributed by atoms with Gasteiger partial charge in [0.05, 0.1) is 36.2 Å². The maximum atomic E-state index is 13.2. The fourth-order valence-electron chi connectivity index (χ4n) is 2.98. The Morgan fingerprint density at radius 3 is 2.10 bits per heavy atom. The molecule has 0 saturated heterocycles. The van der Waals surface area contributed by atoms with Gasteiger partial charge in [0.25, 0.3) is 0 Å². The number of benzene rings is 2. The molecule has 1 aliphatic rings. The molecule has 0 saturated carbocycles. The van der Waals surface area contributed by atoms with Crippen molar-refractivity contribution >= 4 is 22.1 Å². The van der Waals surface area contributed by atoms with E-state index in [1.165, 1.54) is 30.6 Å². The third-order valence-corrected chi connectivity index (χ3v) is 6.60. The quantitative estimate of drug-likeness (QED) is 0.591. The van der Waals surface area contributed by atoms with Gasteiger partial charge in [-0.25, -0.2) is 8.42 Å². The first-order valence-electron chi connectivity index (χ1n) is 9.58. The molecule has 0 amide bonds. The Labute approximate surface area is 184 Å². The van der Waals surface area contributed by atoms with Crippen molar-refractivity contribution in [2.75, 3.05) is 39.6 Å². The van der Waals surface area contributed by atoms with E-state index >= 15 is 0 Å². The van der Waals surface area contributed by atoms with Crippen LogP contribution in [0.1, 0.15) is 0 Å². The van der Waals surface area contributed by atoms with E-state index in [4.69, 9.17) is 31.2 Å². The largest absolute Gasteiger partial charge is 0.487 e. The Bertz CT molecular complexity index is 1190. The van der Waals surface area contributed by atoms with E-state index in [0.717, 1.165) is 0 Å². The van der Waals surface area contributed by atoms with E-state index in [1.54, 1.807) is 22.8 Å². The maximum Gasteiger partial charge on any atom is 0.206 e. The van der Waals surface area contributed by atoms with Crippen molar-refractivity contribution in [3.8, 4) is 17.2 Å². The second-order valence-corrected chi connectivity index (χ2v) is 8.90. The third kappa shape index (κ3) is 4.96. The monoisotopic (exact) mass is 463 g/mol. The van der Waals surface area contributed by atoms with Crippen LogP contribution in [0.25, 0.3) is 5.69 Å². The van der Waals surface area contributed by atoms with Gasteiger partial charge in [-0.2, -0.15) is 5.10 Å². The van der Waals surface area contributed by atoms with Crippen LogP contribution in [0.2, 0.25) is 0 Å². The number of sulfone groups is 1. The fourth-order valence-corrected chi connectivity index (χ4v) is 4.47. The number of fused-ring (bicyclic) bond motifs is 1. The Balaban J connectivity index is 1.61. The second-order valence-electron chi connectivity index (χ2n) is 6.56. The molecular weight excluding hydrogens is 442 g/mol. The molecular formula is C20H21N3O6S2. The molecule has 1 aliphatic heterocycles. The SMILES string of the molecule is O=S(=O)(c1ccc(-n2cn[nH]c2=S)cc1)c1ccc2c(c1)OCCOCCOCCO2. The van der Waals surface area contributed by atoms with E-state index in [1.807, 2.05) is 0 Å². The number of nitrogens with zero attached hydrogens (tertiary/aromatic N) is 2. The molecule has 0 radical (unpaired) electrons. The van der Waals surface area contributed by atoms with Gasteiger partial charge in [0, 0.05) is 11.8 Å². The van der Waals surface area contributed by atoms with Gasteiger partial charge in [0.15, 0.2) is 16.3 Å². The lowest BCUT2D eigenvalue weighted by molar-refractivity contribution is 0.0223. The lowest BCUT2D eigenvalue weighted by Gasteiger charge is -2.16. The van der Waals surface area contributed by atoms with E-state index in [0.29, 0.717) is 55.0 Å². The molecule has 0 bridgehead atoms. The highest BCUT2D eigenvalue weighted by atomic mass is 32.2. The van der Waals surface area contributed by atoms with Crippen LogP contribution in [0.5, 0.6) is 11.5 Å². The molecule has 164 valence electrons. The van der Waals surface area contributed by atoms with Crippen LogP contribution in [-0.4, -0.2) is 62.8 Å². The van der Waals surface area contributed by atoms with Gasteiger partial charge in [0.2, 0.25) is 9.84 Å². The molecule has 2 heterocycles. The van der Waals surface area contributed by atoms with Gasteiger partial charge in [-0.15, -0.1) is 0 Å². The van der Waals surface area contributed by atoms with Crippen LogP contribution in [0.3, 0.4) is 0 Å². The number of nitrogens with one attached hydrogen (secondary N) is 1. The molecule has 11 heteroatoms. The first-order valence-corrected chi connectivity index (χ1v) is 11.5. The number of rotatable bonds is 3. The van der Waals surface area contributed by atoms with Crippen LogP contribution >= 0.6 is 12.2 Å². The highest BCUT2D eigenvalue weighted by molar-refractivity contribution is 7.91. The zero-order valence-electron chi connectivity index (χ0n) is 16.5. The van der Waals surface area contributed by atoms with E-state index in [-0.39, 0.29) is 16.4 Å². The summed E-state index contributed by atoms with van der Waals surface area (Å²) < 4.78 is 50.7. The Hall–Kier alpha value is -2.73. The zero-order valence-corrected chi connectivity index (χ0v) is 18.2. The van der Waals surface area contributed by atoms with Gasteiger partial charge in [-0.1, -0.05) is 0 Å². The molecule has 1 N–H and O–H groups in total. The average Bonchev–Trinajstić information content (AvgIpc) is 3.20. The lowest BCUT2D eigenvalue weighted by Crippen LogP contribution is -2.16. The summed E-state index contributed by atoms with van der Waals surface area (Å²) in [6.07, 6.45) is 1.53. The van der Waals surface area contributed by atoms with Crippen molar-refractivity contribution in [1.82, 2.24) is 14.8 Å². The minimum absolute atomic E-state index is 0.104. The first-order chi connectivity index (χ1) is 15.1. The molecule has 0 unspecified atom stereocenters. The number of ether oxygens (including phenoxy) is 4. The lowest BCUT2D eigenvalue weighted by atomic mass is 10.3. The summed E-state index contributed by atoms with van der Waals surface area (Å²) in [5.41, 5.74) is 0.703. The summed E-state index contributed by atoms with van der Waals surface area (Å²) in [5, 5.41) is 6.53. The molecule has 0 fully saturated rings. The highest BCUT2D eigenvalue weighted by Gasteiger charge is 2.20. The topological polar surface area (TPSA) is 105 Å². The molecule has 0 spiro atoms. The van der Waals surface area contributed by atoms with Gasteiger partial charge in [-0.05, 0) is 48.6 Å². The molecule has 4 rings (SSSR count). The van der Waals surface area contributed by atoms with Crippen LogP contribution in [-0.2, 0) is 19.3 Å². The molecule has 31 heavy (non-hydrogen) atoms. The number of aromatic amines is 1. The van der Waals surface area contributed by atoms with E-state index < -0.39 is 9.84 Å². The predicted molar refractivity (Wildman–Crippen MR) is 113 cm³/mol. The van der Waals surface area contributed by atoms with Crippen molar-refractivity contribution in [1.29, 1.82) is 0 Å². The average molecular weight is 464 g/mol. The summed E-state index contributed by atoms with van der Waals surface area (Å²) >= 11 is 5.15. The van der Waals surface area contributed by atoms with E-state index in [2.05, 4.69) is 10.2 Å².